The molecule has 0 aromatic carbocycles. The number of aliphatic carboxylic acids is 1. The number of amides is 1. The van der Waals surface area contributed by atoms with E-state index in [-0.39, 0.29) is 17.9 Å². The number of carboxylic acids is 1. The van der Waals surface area contributed by atoms with Gasteiger partial charge in [0.1, 0.15) is 0 Å². The third-order valence-corrected chi connectivity index (χ3v) is 5.16. The number of rotatable bonds is 10. The van der Waals surface area contributed by atoms with Crippen LogP contribution in [-0.4, -0.2) is 56.6 Å². The molecule has 0 atom stereocenters. The summed E-state index contributed by atoms with van der Waals surface area (Å²) in [5.74, 6) is 0.781. The highest BCUT2D eigenvalue weighted by Crippen LogP contribution is 2.27. The Labute approximate surface area is 154 Å². The zero-order valence-corrected chi connectivity index (χ0v) is 16.7. The Morgan fingerprint density at radius 1 is 1.20 bits per heavy atom. The molecule has 0 bridgehead atoms. The first-order valence-electron chi connectivity index (χ1n) is 8.72. The van der Waals surface area contributed by atoms with E-state index in [9.17, 15) is 9.59 Å². The summed E-state index contributed by atoms with van der Waals surface area (Å²) >= 11 is 1.53. The maximum Gasteiger partial charge on any atom is 0.346 e. The lowest BCUT2D eigenvalue weighted by Gasteiger charge is -2.17. The maximum absolute atomic E-state index is 12.3. The first-order chi connectivity index (χ1) is 11.7. The third kappa shape index (κ3) is 6.68. The van der Waals surface area contributed by atoms with Crippen molar-refractivity contribution in [3.63, 3.8) is 0 Å². The summed E-state index contributed by atoms with van der Waals surface area (Å²) in [7, 11) is 3.40. The summed E-state index contributed by atoms with van der Waals surface area (Å²) < 4.78 is 1.39. The van der Waals surface area contributed by atoms with E-state index in [0.29, 0.717) is 17.4 Å². The molecule has 0 saturated carbocycles. The summed E-state index contributed by atoms with van der Waals surface area (Å²) in [5.41, 5.74) is -0.177. The smallest absolute Gasteiger partial charge is 0.346 e. The zero-order valence-electron chi connectivity index (χ0n) is 15.9. The SMILES string of the molecule is CCC(C)(C)c1nc(SCCCCCCC(=O)O)n(C(=O)N(C)C)n1. The quantitative estimate of drug-likeness (QED) is 0.500. The van der Waals surface area contributed by atoms with Crippen molar-refractivity contribution in [2.45, 2.75) is 69.9 Å². The summed E-state index contributed by atoms with van der Waals surface area (Å²) in [5, 5.41) is 13.7. The van der Waals surface area contributed by atoms with Gasteiger partial charge in [-0.05, 0) is 19.3 Å². The lowest BCUT2D eigenvalue weighted by Crippen LogP contribution is -2.29. The van der Waals surface area contributed by atoms with Crippen molar-refractivity contribution in [2.75, 3.05) is 19.8 Å². The number of thioether (sulfide) groups is 1. The van der Waals surface area contributed by atoms with Gasteiger partial charge in [-0.15, -0.1) is 5.10 Å². The Morgan fingerprint density at radius 2 is 1.84 bits per heavy atom. The molecule has 1 N–H and O–H groups in total. The minimum atomic E-state index is -0.740. The second-order valence-electron chi connectivity index (χ2n) is 6.95. The van der Waals surface area contributed by atoms with Gasteiger partial charge in [0, 0.05) is 31.7 Å². The van der Waals surface area contributed by atoms with E-state index in [0.717, 1.165) is 31.4 Å². The fourth-order valence-corrected chi connectivity index (χ4v) is 2.97. The first-order valence-corrected chi connectivity index (χ1v) is 9.71. The van der Waals surface area contributed by atoms with Gasteiger partial charge in [-0.2, -0.15) is 4.68 Å². The van der Waals surface area contributed by atoms with Crippen molar-refractivity contribution < 1.29 is 14.7 Å². The van der Waals surface area contributed by atoms with E-state index in [1.54, 1.807) is 14.1 Å². The van der Waals surface area contributed by atoms with E-state index in [1.807, 2.05) is 0 Å². The Morgan fingerprint density at radius 3 is 2.40 bits per heavy atom. The zero-order chi connectivity index (χ0) is 19.0. The van der Waals surface area contributed by atoms with Gasteiger partial charge in [0.05, 0.1) is 0 Å². The molecule has 0 aliphatic heterocycles. The van der Waals surface area contributed by atoms with Crippen molar-refractivity contribution in [1.82, 2.24) is 19.7 Å². The normalized spacial score (nSPS) is 11.6. The fraction of sp³-hybridized carbons (Fsp3) is 0.765. The summed E-state index contributed by atoms with van der Waals surface area (Å²) in [6.45, 7) is 6.23. The van der Waals surface area contributed by atoms with Gasteiger partial charge in [0.15, 0.2) is 11.0 Å². The topological polar surface area (TPSA) is 88.3 Å². The van der Waals surface area contributed by atoms with E-state index < -0.39 is 5.97 Å². The van der Waals surface area contributed by atoms with Crippen LogP contribution in [0.4, 0.5) is 4.79 Å². The van der Waals surface area contributed by atoms with Crippen LogP contribution in [0.3, 0.4) is 0 Å². The largest absolute Gasteiger partial charge is 0.481 e. The average molecular weight is 371 g/mol. The van der Waals surface area contributed by atoms with Gasteiger partial charge in [0.2, 0.25) is 0 Å². The van der Waals surface area contributed by atoms with Gasteiger partial charge in [-0.3, -0.25) is 4.79 Å². The highest BCUT2D eigenvalue weighted by Gasteiger charge is 2.27. The van der Waals surface area contributed by atoms with Crippen molar-refractivity contribution >= 4 is 23.8 Å². The lowest BCUT2D eigenvalue weighted by molar-refractivity contribution is -0.137. The van der Waals surface area contributed by atoms with Crippen LogP contribution in [0, 0.1) is 0 Å². The van der Waals surface area contributed by atoms with Crippen LogP contribution in [0.15, 0.2) is 5.16 Å². The summed E-state index contributed by atoms with van der Waals surface area (Å²) in [6, 6.07) is -0.199. The van der Waals surface area contributed by atoms with Gasteiger partial charge >= 0.3 is 12.0 Å². The minimum absolute atomic E-state index is 0.177. The molecule has 0 fully saturated rings. The first kappa shape index (κ1) is 21.5. The van der Waals surface area contributed by atoms with E-state index in [1.165, 1.54) is 21.3 Å². The molecule has 0 radical (unpaired) electrons. The molecule has 0 unspecified atom stereocenters. The van der Waals surface area contributed by atoms with Crippen molar-refractivity contribution in [3.8, 4) is 0 Å². The number of nitrogens with zero attached hydrogens (tertiary/aromatic N) is 4. The Kier molecular flexibility index (Phi) is 8.41. The maximum atomic E-state index is 12.3. The molecule has 0 saturated heterocycles. The molecule has 1 rings (SSSR count). The van der Waals surface area contributed by atoms with E-state index >= 15 is 0 Å². The Bertz CT molecular complexity index is 584. The Hall–Kier alpha value is -1.57. The predicted octanol–water partition coefficient (Wildman–Crippen LogP) is 3.62. The number of hydrogen-bond acceptors (Lipinski definition) is 5. The van der Waals surface area contributed by atoms with Gasteiger partial charge in [0.25, 0.3) is 0 Å². The highest BCUT2D eigenvalue weighted by atomic mass is 32.2. The monoisotopic (exact) mass is 370 g/mol. The van der Waals surface area contributed by atoms with Crippen LogP contribution in [0.1, 0.15) is 65.1 Å². The number of aromatic nitrogens is 3. The van der Waals surface area contributed by atoms with Crippen LogP contribution in [0.5, 0.6) is 0 Å². The number of carboxylic acid groups (broad SMARTS) is 1. The molecule has 1 aromatic heterocycles. The molecule has 25 heavy (non-hydrogen) atoms. The number of carbonyl (C=O) groups excluding carboxylic acids is 1. The number of unbranched alkanes of at least 4 members (excludes halogenated alkanes) is 3. The van der Waals surface area contributed by atoms with Gasteiger partial charge in [-0.25, -0.2) is 9.78 Å². The minimum Gasteiger partial charge on any atom is -0.481 e. The molecule has 8 heteroatoms. The molecule has 1 aromatic rings. The second-order valence-corrected chi connectivity index (χ2v) is 8.01. The van der Waals surface area contributed by atoms with Crippen LogP contribution in [-0.2, 0) is 10.2 Å². The standard InChI is InChI=1S/C17H30N4O3S/c1-6-17(2,3)14-18-15(21(19-14)16(24)20(4)5)25-12-10-8-7-9-11-13(22)23/h6-12H2,1-5H3,(H,22,23). The molecule has 142 valence electrons. The third-order valence-electron chi connectivity index (χ3n) is 4.15. The van der Waals surface area contributed by atoms with Gasteiger partial charge in [-0.1, -0.05) is 45.4 Å². The predicted molar refractivity (Wildman–Crippen MR) is 99.3 cm³/mol. The highest BCUT2D eigenvalue weighted by molar-refractivity contribution is 7.99. The number of carbonyl (C=O) groups is 2. The second kappa shape index (κ2) is 9.79. The van der Waals surface area contributed by atoms with Crippen LogP contribution >= 0.6 is 11.8 Å². The van der Waals surface area contributed by atoms with Crippen molar-refractivity contribution in [2.24, 2.45) is 0 Å². The summed E-state index contributed by atoms with van der Waals surface area (Å²) in [4.78, 5) is 28.9. The molecular formula is C17H30N4O3S. The van der Waals surface area contributed by atoms with Gasteiger partial charge < -0.3 is 10.0 Å². The van der Waals surface area contributed by atoms with Crippen molar-refractivity contribution in [1.29, 1.82) is 0 Å². The van der Waals surface area contributed by atoms with E-state index in [2.05, 4.69) is 30.9 Å². The molecule has 0 aliphatic carbocycles. The molecule has 0 spiro atoms. The number of hydrogen-bond donors (Lipinski definition) is 1. The molecule has 0 aliphatic rings. The van der Waals surface area contributed by atoms with Crippen LogP contribution < -0.4 is 0 Å². The molecule has 1 heterocycles. The molecule has 1 amide bonds. The van der Waals surface area contributed by atoms with Crippen molar-refractivity contribution in [3.05, 3.63) is 5.82 Å². The summed E-state index contributed by atoms with van der Waals surface area (Å²) in [6.07, 6.45) is 4.67. The average Bonchev–Trinajstić information content (AvgIpc) is 2.97. The van der Waals surface area contributed by atoms with Crippen LogP contribution in [0.2, 0.25) is 0 Å². The molecular weight excluding hydrogens is 340 g/mol. The fourth-order valence-electron chi connectivity index (χ4n) is 2.05. The van der Waals surface area contributed by atoms with E-state index in [4.69, 9.17) is 5.11 Å². The molecule has 7 nitrogen and oxygen atoms in total. The van der Waals surface area contributed by atoms with Crippen LogP contribution in [0.25, 0.3) is 0 Å². The Balaban J connectivity index is 2.67. The lowest BCUT2D eigenvalue weighted by atomic mass is 9.90.